The zero-order valence-electron chi connectivity index (χ0n) is 13.0. The average Bonchev–Trinajstić information content (AvgIpc) is 2.48. The molecule has 3 heteroatoms. The van der Waals surface area contributed by atoms with Gasteiger partial charge < -0.3 is 14.4 Å². The van der Waals surface area contributed by atoms with Crippen LogP contribution in [0.4, 0.5) is 0 Å². The summed E-state index contributed by atoms with van der Waals surface area (Å²) in [6, 6.07) is 8.46. The summed E-state index contributed by atoms with van der Waals surface area (Å²) in [5.41, 5.74) is 1.39. The van der Waals surface area contributed by atoms with Crippen molar-refractivity contribution >= 4 is 0 Å². The molecule has 3 nitrogen and oxygen atoms in total. The smallest absolute Gasteiger partial charge is 0.118 e. The fourth-order valence-electron chi connectivity index (χ4n) is 3.11. The van der Waals surface area contributed by atoms with Crippen LogP contribution < -0.4 is 4.74 Å². The summed E-state index contributed by atoms with van der Waals surface area (Å²) in [5, 5.41) is 0. The van der Waals surface area contributed by atoms with Crippen molar-refractivity contribution in [3.63, 3.8) is 0 Å². The largest absolute Gasteiger partial charge is 0.497 e. The highest BCUT2D eigenvalue weighted by Crippen LogP contribution is 2.23. The van der Waals surface area contributed by atoms with E-state index in [0.717, 1.165) is 18.9 Å². The van der Waals surface area contributed by atoms with Gasteiger partial charge in [0.1, 0.15) is 5.75 Å². The highest BCUT2D eigenvalue weighted by molar-refractivity contribution is 5.29. The van der Waals surface area contributed by atoms with Gasteiger partial charge in [-0.05, 0) is 48.9 Å². The predicted molar refractivity (Wildman–Crippen MR) is 82.4 cm³/mol. The van der Waals surface area contributed by atoms with Gasteiger partial charge in [-0.25, -0.2) is 0 Å². The topological polar surface area (TPSA) is 21.7 Å². The number of hydrogen-bond donors (Lipinski definition) is 0. The molecule has 112 valence electrons. The van der Waals surface area contributed by atoms with Crippen LogP contribution in [0.15, 0.2) is 24.3 Å². The fraction of sp³-hybridized carbons (Fsp3) is 0.647. The third-order valence-corrected chi connectivity index (χ3v) is 4.22. The van der Waals surface area contributed by atoms with E-state index in [-0.39, 0.29) is 0 Å². The van der Waals surface area contributed by atoms with Crippen LogP contribution in [0.2, 0.25) is 0 Å². The minimum absolute atomic E-state index is 0.558. The summed E-state index contributed by atoms with van der Waals surface area (Å²) in [4.78, 5) is 2.59. The maximum Gasteiger partial charge on any atom is 0.118 e. The van der Waals surface area contributed by atoms with Crippen molar-refractivity contribution in [1.82, 2.24) is 4.90 Å². The van der Waals surface area contributed by atoms with Crippen LogP contribution in [-0.2, 0) is 4.74 Å². The number of benzene rings is 1. The molecular formula is C17H27NO2. The Labute approximate surface area is 122 Å². The number of hydrogen-bond acceptors (Lipinski definition) is 3. The van der Waals surface area contributed by atoms with E-state index >= 15 is 0 Å². The second kappa shape index (κ2) is 7.65. The van der Waals surface area contributed by atoms with Crippen LogP contribution >= 0.6 is 0 Å². The number of likely N-dealkylation sites (tertiary alicyclic amines) is 1. The van der Waals surface area contributed by atoms with E-state index in [9.17, 15) is 0 Å². The predicted octanol–water partition coefficient (Wildman–Crippen LogP) is 3.16. The van der Waals surface area contributed by atoms with Crippen molar-refractivity contribution in [2.75, 3.05) is 40.5 Å². The van der Waals surface area contributed by atoms with Gasteiger partial charge in [-0.15, -0.1) is 0 Å². The van der Waals surface area contributed by atoms with Gasteiger partial charge in [0.25, 0.3) is 0 Å². The first-order valence-corrected chi connectivity index (χ1v) is 7.58. The van der Waals surface area contributed by atoms with Crippen LogP contribution in [0.1, 0.15) is 31.2 Å². The SMILES string of the molecule is COC[C@H]1CCCN(C[C@H](C)c2ccc(OC)cc2)C1. The highest BCUT2D eigenvalue weighted by atomic mass is 16.5. The van der Waals surface area contributed by atoms with Gasteiger partial charge in [0.05, 0.1) is 13.7 Å². The van der Waals surface area contributed by atoms with Crippen LogP contribution in [0.5, 0.6) is 5.75 Å². The fourth-order valence-corrected chi connectivity index (χ4v) is 3.11. The Kier molecular flexibility index (Phi) is 5.86. The standard InChI is InChI=1S/C17H27NO2/c1-14(16-6-8-17(20-3)9-7-16)11-18-10-4-5-15(12-18)13-19-2/h6-9,14-15H,4-5,10-13H2,1-3H3/t14-,15-/m0/s1. The lowest BCUT2D eigenvalue weighted by Crippen LogP contribution is -2.39. The minimum Gasteiger partial charge on any atom is -0.497 e. The monoisotopic (exact) mass is 277 g/mol. The summed E-state index contributed by atoms with van der Waals surface area (Å²) in [7, 11) is 3.51. The molecule has 0 N–H and O–H groups in total. The first-order valence-electron chi connectivity index (χ1n) is 7.58. The molecule has 0 unspecified atom stereocenters. The molecule has 1 aromatic rings. The number of rotatable bonds is 6. The Balaban J connectivity index is 1.87. The van der Waals surface area contributed by atoms with Gasteiger partial charge >= 0.3 is 0 Å². The molecule has 1 heterocycles. The molecule has 1 aromatic carbocycles. The molecule has 0 saturated carbocycles. The molecule has 2 atom stereocenters. The van der Waals surface area contributed by atoms with Crippen molar-refractivity contribution in [3.05, 3.63) is 29.8 Å². The van der Waals surface area contributed by atoms with Crippen LogP contribution in [-0.4, -0.2) is 45.4 Å². The Hall–Kier alpha value is -1.06. The Morgan fingerprint density at radius 1 is 1.25 bits per heavy atom. The zero-order chi connectivity index (χ0) is 14.4. The normalized spacial score (nSPS) is 21.6. The van der Waals surface area contributed by atoms with Gasteiger partial charge in [0.2, 0.25) is 0 Å². The average molecular weight is 277 g/mol. The van der Waals surface area contributed by atoms with Gasteiger partial charge in [-0.2, -0.15) is 0 Å². The van der Waals surface area contributed by atoms with E-state index in [1.807, 2.05) is 0 Å². The van der Waals surface area contributed by atoms with E-state index in [1.165, 1.54) is 31.5 Å². The third kappa shape index (κ3) is 4.22. The molecule has 0 amide bonds. The molecule has 0 spiro atoms. The number of methoxy groups -OCH3 is 2. The molecular weight excluding hydrogens is 250 g/mol. The Morgan fingerprint density at radius 2 is 2.00 bits per heavy atom. The van der Waals surface area contributed by atoms with Crippen LogP contribution in [0, 0.1) is 5.92 Å². The Bertz CT molecular complexity index is 388. The molecule has 1 saturated heterocycles. The first kappa shape index (κ1) is 15.3. The van der Waals surface area contributed by atoms with Crippen molar-refractivity contribution < 1.29 is 9.47 Å². The quantitative estimate of drug-likeness (QED) is 0.797. The van der Waals surface area contributed by atoms with Crippen LogP contribution in [0.25, 0.3) is 0 Å². The summed E-state index contributed by atoms with van der Waals surface area (Å²) >= 11 is 0. The summed E-state index contributed by atoms with van der Waals surface area (Å²) in [5.74, 6) is 2.19. The zero-order valence-corrected chi connectivity index (χ0v) is 13.0. The second-order valence-corrected chi connectivity index (χ2v) is 5.90. The van der Waals surface area contributed by atoms with Gasteiger partial charge in [-0.1, -0.05) is 19.1 Å². The lowest BCUT2D eigenvalue weighted by molar-refractivity contribution is 0.0883. The molecule has 0 aromatic heterocycles. The molecule has 20 heavy (non-hydrogen) atoms. The molecule has 1 aliphatic heterocycles. The van der Waals surface area contributed by atoms with E-state index < -0.39 is 0 Å². The van der Waals surface area contributed by atoms with E-state index in [0.29, 0.717) is 11.8 Å². The number of piperidine rings is 1. The minimum atomic E-state index is 0.558. The van der Waals surface area contributed by atoms with Crippen LogP contribution in [0.3, 0.4) is 0 Å². The Morgan fingerprint density at radius 3 is 2.65 bits per heavy atom. The lowest BCUT2D eigenvalue weighted by atomic mass is 9.95. The summed E-state index contributed by atoms with van der Waals surface area (Å²) in [6.45, 7) is 6.73. The number of ether oxygens (including phenoxy) is 2. The second-order valence-electron chi connectivity index (χ2n) is 5.90. The van der Waals surface area contributed by atoms with E-state index in [1.54, 1.807) is 14.2 Å². The van der Waals surface area contributed by atoms with E-state index in [4.69, 9.17) is 9.47 Å². The van der Waals surface area contributed by atoms with Gasteiger partial charge in [0, 0.05) is 20.2 Å². The first-order chi connectivity index (χ1) is 9.72. The molecule has 2 rings (SSSR count). The van der Waals surface area contributed by atoms with Crippen molar-refractivity contribution in [2.45, 2.75) is 25.7 Å². The van der Waals surface area contributed by atoms with Gasteiger partial charge in [0.15, 0.2) is 0 Å². The highest BCUT2D eigenvalue weighted by Gasteiger charge is 2.21. The summed E-state index contributed by atoms with van der Waals surface area (Å²) < 4.78 is 10.5. The van der Waals surface area contributed by atoms with Crippen molar-refractivity contribution in [3.8, 4) is 5.75 Å². The van der Waals surface area contributed by atoms with Gasteiger partial charge in [-0.3, -0.25) is 0 Å². The lowest BCUT2D eigenvalue weighted by Gasteiger charge is -2.34. The maximum absolute atomic E-state index is 5.30. The summed E-state index contributed by atoms with van der Waals surface area (Å²) in [6.07, 6.45) is 2.60. The number of nitrogens with zero attached hydrogens (tertiary/aromatic N) is 1. The van der Waals surface area contributed by atoms with E-state index in [2.05, 4.69) is 36.1 Å². The molecule has 0 aliphatic carbocycles. The maximum atomic E-state index is 5.30. The molecule has 0 bridgehead atoms. The van der Waals surface area contributed by atoms with Crippen molar-refractivity contribution in [1.29, 1.82) is 0 Å². The molecule has 0 radical (unpaired) electrons. The third-order valence-electron chi connectivity index (χ3n) is 4.22. The van der Waals surface area contributed by atoms with Crippen molar-refractivity contribution in [2.24, 2.45) is 5.92 Å². The molecule has 1 aliphatic rings. The molecule has 1 fully saturated rings.